The molecule has 0 saturated heterocycles. The third-order valence-electron chi connectivity index (χ3n) is 6.44. The van der Waals surface area contributed by atoms with Gasteiger partial charge in [0.05, 0.1) is 11.6 Å². The lowest BCUT2D eigenvalue weighted by molar-refractivity contribution is -0.317. The van der Waals surface area contributed by atoms with Crippen molar-refractivity contribution in [1.29, 1.82) is 0 Å². The maximum absolute atomic E-state index is 13.5. The standard InChI is InChI=1S/C24H26FNO3/c1-14-4-9-19(16-5-7-17(25)8-6-16)15(2)20(14)21-22(27)24(26-23(21)28)12-10-18(29-3)11-13-24/h4-9,18,27H,10-13H2,1-3H3,(H,26,28)/p-1. The van der Waals surface area contributed by atoms with Crippen molar-refractivity contribution in [1.82, 2.24) is 5.32 Å². The summed E-state index contributed by atoms with van der Waals surface area (Å²) in [6, 6.07) is 10.1. The molecule has 0 radical (unpaired) electrons. The molecule has 1 amide bonds. The number of benzene rings is 2. The minimum atomic E-state index is -0.813. The molecule has 4 rings (SSSR count). The number of halogens is 1. The van der Waals surface area contributed by atoms with Gasteiger partial charge in [0.25, 0.3) is 5.91 Å². The molecule has 4 nitrogen and oxygen atoms in total. The average Bonchev–Trinajstić information content (AvgIpc) is 2.94. The molecule has 0 unspecified atom stereocenters. The van der Waals surface area contributed by atoms with E-state index >= 15 is 0 Å². The number of carbonyl (C=O) groups excluding carboxylic acids is 1. The summed E-state index contributed by atoms with van der Waals surface area (Å²) < 4.78 is 18.8. The molecular formula is C24H25FNO3-. The first kappa shape index (κ1) is 19.6. The molecule has 1 N–H and O–H groups in total. The van der Waals surface area contributed by atoms with Crippen molar-refractivity contribution in [3.05, 3.63) is 64.7 Å². The lowest BCUT2D eigenvalue weighted by Gasteiger charge is -2.41. The van der Waals surface area contributed by atoms with Gasteiger partial charge in [0, 0.05) is 12.7 Å². The fourth-order valence-electron chi connectivity index (χ4n) is 4.75. The van der Waals surface area contributed by atoms with Gasteiger partial charge in [-0.3, -0.25) is 4.79 Å². The SMILES string of the molecule is COC1CCC2(CC1)NC(=O)C(c1c(C)ccc(-c3ccc(F)cc3)c1C)=C2[O-]. The summed E-state index contributed by atoms with van der Waals surface area (Å²) in [6.07, 6.45) is 2.83. The van der Waals surface area contributed by atoms with Crippen LogP contribution in [0.2, 0.25) is 0 Å². The highest BCUT2D eigenvalue weighted by Crippen LogP contribution is 2.43. The van der Waals surface area contributed by atoms with Crippen LogP contribution in [-0.4, -0.2) is 24.7 Å². The minimum absolute atomic E-state index is 0.112. The summed E-state index contributed by atoms with van der Waals surface area (Å²) in [7, 11) is 1.68. The predicted octanol–water partition coefficient (Wildman–Crippen LogP) is 3.64. The highest BCUT2D eigenvalue weighted by atomic mass is 19.1. The molecule has 1 saturated carbocycles. The zero-order chi connectivity index (χ0) is 20.8. The normalized spacial score (nSPS) is 24.3. The second-order valence-corrected chi connectivity index (χ2v) is 8.11. The number of nitrogens with one attached hydrogen (secondary N) is 1. The number of methoxy groups -OCH3 is 1. The maximum Gasteiger partial charge on any atom is 0.251 e. The summed E-state index contributed by atoms with van der Waals surface area (Å²) >= 11 is 0. The summed E-state index contributed by atoms with van der Waals surface area (Å²) in [6.45, 7) is 3.83. The van der Waals surface area contributed by atoms with Gasteiger partial charge in [-0.15, -0.1) is 0 Å². The second kappa shape index (κ2) is 7.30. The molecule has 0 atom stereocenters. The number of rotatable bonds is 3. The van der Waals surface area contributed by atoms with Crippen molar-refractivity contribution in [3.63, 3.8) is 0 Å². The van der Waals surface area contributed by atoms with E-state index in [0.717, 1.165) is 35.1 Å². The van der Waals surface area contributed by atoms with E-state index in [0.29, 0.717) is 18.4 Å². The molecule has 1 heterocycles. The molecule has 2 aromatic carbocycles. The van der Waals surface area contributed by atoms with E-state index < -0.39 is 5.54 Å². The molecule has 1 aliphatic heterocycles. The Morgan fingerprint density at radius 3 is 2.38 bits per heavy atom. The molecule has 152 valence electrons. The van der Waals surface area contributed by atoms with Crippen molar-refractivity contribution in [2.75, 3.05) is 7.11 Å². The Kier molecular flexibility index (Phi) is 4.95. The fourth-order valence-corrected chi connectivity index (χ4v) is 4.75. The van der Waals surface area contributed by atoms with Gasteiger partial charge in [-0.1, -0.05) is 30.0 Å². The first-order valence-electron chi connectivity index (χ1n) is 10.00. The summed E-state index contributed by atoms with van der Waals surface area (Å²) in [5, 5.41) is 16.5. The van der Waals surface area contributed by atoms with Gasteiger partial charge < -0.3 is 15.2 Å². The van der Waals surface area contributed by atoms with Crippen LogP contribution >= 0.6 is 0 Å². The predicted molar refractivity (Wildman–Crippen MR) is 108 cm³/mol. The molecule has 5 heteroatoms. The molecule has 1 fully saturated rings. The third kappa shape index (κ3) is 3.23. The highest BCUT2D eigenvalue weighted by molar-refractivity contribution is 6.24. The van der Waals surface area contributed by atoms with E-state index in [-0.39, 0.29) is 29.2 Å². The Balaban J connectivity index is 1.80. The van der Waals surface area contributed by atoms with Crippen molar-refractivity contribution in [2.45, 2.75) is 51.2 Å². The van der Waals surface area contributed by atoms with Crippen LogP contribution in [0.3, 0.4) is 0 Å². The van der Waals surface area contributed by atoms with E-state index in [2.05, 4.69) is 5.32 Å². The lowest BCUT2D eigenvalue weighted by atomic mass is 9.78. The second-order valence-electron chi connectivity index (χ2n) is 8.11. The third-order valence-corrected chi connectivity index (χ3v) is 6.44. The summed E-state index contributed by atoms with van der Waals surface area (Å²) in [5.41, 5.74) is 3.62. The summed E-state index contributed by atoms with van der Waals surface area (Å²) in [4.78, 5) is 13.0. The average molecular weight is 394 g/mol. The van der Waals surface area contributed by atoms with Crippen LogP contribution in [0.25, 0.3) is 16.7 Å². The number of hydrogen-bond acceptors (Lipinski definition) is 3. The van der Waals surface area contributed by atoms with E-state index in [4.69, 9.17) is 4.74 Å². The Bertz CT molecular complexity index is 986. The van der Waals surface area contributed by atoms with Gasteiger partial charge in [0.2, 0.25) is 0 Å². The van der Waals surface area contributed by atoms with Crippen molar-refractivity contribution in [2.24, 2.45) is 0 Å². The first-order chi connectivity index (χ1) is 13.9. The molecule has 2 aromatic rings. The molecule has 0 aromatic heterocycles. The van der Waals surface area contributed by atoms with Crippen LogP contribution in [0.5, 0.6) is 0 Å². The lowest BCUT2D eigenvalue weighted by Crippen LogP contribution is -2.50. The Morgan fingerprint density at radius 2 is 1.76 bits per heavy atom. The largest absolute Gasteiger partial charge is 0.873 e. The van der Waals surface area contributed by atoms with Gasteiger partial charge in [-0.2, -0.15) is 0 Å². The van der Waals surface area contributed by atoms with Crippen molar-refractivity contribution in [3.8, 4) is 11.1 Å². The fraction of sp³-hybridized carbons (Fsp3) is 0.375. The van der Waals surface area contributed by atoms with Gasteiger partial charge >= 0.3 is 0 Å². The van der Waals surface area contributed by atoms with Crippen LogP contribution < -0.4 is 10.4 Å². The zero-order valence-corrected chi connectivity index (χ0v) is 17.0. The van der Waals surface area contributed by atoms with Crippen LogP contribution in [-0.2, 0) is 9.53 Å². The van der Waals surface area contributed by atoms with Gasteiger partial charge in [0.15, 0.2) is 0 Å². The number of aryl methyl sites for hydroxylation is 1. The number of ether oxygens (including phenoxy) is 1. The minimum Gasteiger partial charge on any atom is -0.873 e. The van der Waals surface area contributed by atoms with Crippen molar-refractivity contribution < 1.29 is 19.0 Å². The number of carbonyl (C=O) groups is 1. The van der Waals surface area contributed by atoms with Crippen LogP contribution in [0, 0.1) is 19.7 Å². The van der Waals surface area contributed by atoms with E-state index in [9.17, 15) is 14.3 Å². The topological polar surface area (TPSA) is 61.4 Å². The van der Waals surface area contributed by atoms with Gasteiger partial charge in [0.1, 0.15) is 5.82 Å². The number of hydrogen-bond donors (Lipinski definition) is 1. The molecule has 2 aliphatic rings. The zero-order valence-electron chi connectivity index (χ0n) is 17.0. The maximum atomic E-state index is 13.5. The van der Waals surface area contributed by atoms with Gasteiger partial charge in [-0.05, 0) is 79.5 Å². The molecule has 1 aliphatic carbocycles. The Labute approximate surface area is 170 Å². The summed E-state index contributed by atoms with van der Waals surface area (Å²) in [5.74, 6) is -0.708. The molecule has 1 spiro atoms. The van der Waals surface area contributed by atoms with Crippen LogP contribution in [0.15, 0.2) is 42.2 Å². The van der Waals surface area contributed by atoms with Crippen LogP contribution in [0.1, 0.15) is 42.4 Å². The molecular weight excluding hydrogens is 369 g/mol. The van der Waals surface area contributed by atoms with Gasteiger partial charge in [-0.25, -0.2) is 4.39 Å². The number of amides is 1. The van der Waals surface area contributed by atoms with E-state index in [1.165, 1.54) is 12.1 Å². The van der Waals surface area contributed by atoms with E-state index in [1.54, 1.807) is 19.2 Å². The Morgan fingerprint density at radius 1 is 1.10 bits per heavy atom. The first-order valence-corrected chi connectivity index (χ1v) is 10.00. The van der Waals surface area contributed by atoms with Crippen LogP contribution in [0.4, 0.5) is 4.39 Å². The quantitative estimate of drug-likeness (QED) is 0.865. The smallest absolute Gasteiger partial charge is 0.251 e. The van der Waals surface area contributed by atoms with Crippen molar-refractivity contribution >= 4 is 11.5 Å². The van der Waals surface area contributed by atoms with E-state index in [1.807, 2.05) is 26.0 Å². The molecule has 0 bridgehead atoms. The Hall–Kier alpha value is -2.66. The molecule has 29 heavy (non-hydrogen) atoms. The highest BCUT2D eigenvalue weighted by Gasteiger charge is 2.43. The monoisotopic (exact) mass is 394 g/mol.